The van der Waals surface area contributed by atoms with Crippen molar-refractivity contribution in [3.05, 3.63) is 29.8 Å². The van der Waals surface area contributed by atoms with Crippen molar-refractivity contribution in [2.24, 2.45) is 5.92 Å². The predicted octanol–water partition coefficient (Wildman–Crippen LogP) is 5.58. The first-order valence-electron chi connectivity index (χ1n) is 13.8. The summed E-state index contributed by atoms with van der Waals surface area (Å²) in [7, 11) is 0. The van der Waals surface area contributed by atoms with Gasteiger partial charge in [0.05, 0.1) is 6.61 Å². The average Bonchev–Trinajstić information content (AvgIpc) is 2.84. The second-order valence-electron chi connectivity index (χ2n) is 11.0. The number of hydrogen-bond acceptors (Lipinski definition) is 5. The first-order valence-corrected chi connectivity index (χ1v) is 13.8. The number of benzene rings is 1. The maximum absolute atomic E-state index is 12.2. The number of carboxylic acids is 1. The molecular formula is C29H46N2O6. The van der Waals surface area contributed by atoms with Crippen molar-refractivity contribution in [1.29, 1.82) is 0 Å². The molecule has 0 radical (unpaired) electrons. The molecule has 2 amide bonds. The van der Waals surface area contributed by atoms with E-state index in [1.165, 1.54) is 0 Å². The van der Waals surface area contributed by atoms with Gasteiger partial charge in [-0.25, -0.2) is 9.59 Å². The van der Waals surface area contributed by atoms with Gasteiger partial charge in [0.25, 0.3) is 0 Å². The number of unbranched alkanes of at least 4 members (excludes halogenated alkanes) is 3. The molecule has 8 heteroatoms. The van der Waals surface area contributed by atoms with E-state index in [4.69, 9.17) is 9.47 Å². The van der Waals surface area contributed by atoms with Crippen LogP contribution in [-0.2, 0) is 20.7 Å². The zero-order valence-corrected chi connectivity index (χ0v) is 23.1. The number of aliphatic carboxylic acids is 1. The van der Waals surface area contributed by atoms with E-state index in [0.29, 0.717) is 18.9 Å². The van der Waals surface area contributed by atoms with Crippen LogP contribution in [0, 0.1) is 5.92 Å². The smallest absolute Gasteiger partial charge is 0.410 e. The number of nitrogens with zero attached hydrogens (tertiary/aromatic N) is 1. The van der Waals surface area contributed by atoms with E-state index in [-0.39, 0.29) is 18.4 Å². The van der Waals surface area contributed by atoms with Gasteiger partial charge in [0.15, 0.2) is 0 Å². The zero-order chi connectivity index (χ0) is 27.3. The Bertz CT molecular complexity index is 841. The summed E-state index contributed by atoms with van der Waals surface area (Å²) in [5.41, 5.74) is 0.381. The van der Waals surface area contributed by atoms with Gasteiger partial charge in [0.2, 0.25) is 5.91 Å². The van der Waals surface area contributed by atoms with Gasteiger partial charge in [-0.3, -0.25) is 4.79 Å². The molecule has 0 unspecified atom stereocenters. The fourth-order valence-corrected chi connectivity index (χ4v) is 4.42. The maximum atomic E-state index is 12.2. The van der Waals surface area contributed by atoms with Crippen LogP contribution in [0.1, 0.15) is 91.0 Å². The molecular weight excluding hydrogens is 472 g/mol. The fourth-order valence-electron chi connectivity index (χ4n) is 4.42. The minimum absolute atomic E-state index is 0.212. The number of rotatable bonds is 14. The molecule has 0 spiro atoms. The quantitative estimate of drug-likeness (QED) is 0.312. The summed E-state index contributed by atoms with van der Waals surface area (Å²) in [6.45, 7) is 9.87. The Morgan fingerprint density at radius 3 is 2.32 bits per heavy atom. The van der Waals surface area contributed by atoms with Crippen molar-refractivity contribution in [3.63, 3.8) is 0 Å². The van der Waals surface area contributed by atoms with Crippen LogP contribution in [0.5, 0.6) is 5.75 Å². The number of carbonyl (C=O) groups excluding carboxylic acids is 2. The Morgan fingerprint density at radius 1 is 1.05 bits per heavy atom. The lowest BCUT2D eigenvalue weighted by Gasteiger charge is -2.33. The van der Waals surface area contributed by atoms with E-state index < -0.39 is 17.6 Å². The Balaban J connectivity index is 1.63. The molecule has 208 valence electrons. The Labute approximate surface area is 222 Å². The van der Waals surface area contributed by atoms with E-state index in [2.05, 4.69) is 12.2 Å². The summed E-state index contributed by atoms with van der Waals surface area (Å²) in [6.07, 6.45) is 8.32. The van der Waals surface area contributed by atoms with E-state index in [1.54, 1.807) is 0 Å². The third kappa shape index (κ3) is 12.3. The number of amides is 2. The molecule has 1 aliphatic heterocycles. The normalized spacial score (nSPS) is 15.2. The molecule has 1 atom stereocenters. The SMILES string of the molecule is CCCCCC(=O)N[C@@H](Cc1ccc(OCCCCC2CCN(C(=O)OC(C)(C)C)CC2)cc1)C(=O)O. The third-order valence-corrected chi connectivity index (χ3v) is 6.55. The summed E-state index contributed by atoms with van der Waals surface area (Å²) in [5, 5.41) is 12.1. The van der Waals surface area contributed by atoms with Crippen molar-refractivity contribution in [2.75, 3.05) is 19.7 Å². The van der Waals surface area contributed by atoms with Gasteiger partial charge in [-0.05, 0) is 76.5 Å². The van der Waals surface area contributed by atoms with Crippen LogP contribution >= 0.6 is 0 Å². The lowest BCUT2D eigenvalue weighted by Crippen LogP contribution is -2.42. The van der Waals surface area contributed by atoms with Crippen LogP contribution in [0.25, 0.3) is 0 Å². The summed E-state index contributed by atoms with van der Waals surface area (Å²) in [5.74, 6) is 0.145. The molecule has 2 N–H and O–H groups in total. The van der Waals surface area contributed by atoms with Gasteiger partial charge >= 0.3 is 12.1 Å². The highest BCUT2D eigenvalue weighted by Gasteiger charge is 2.26. The molecule has 2 rings (SSSR count). The molecule has 0 bridgehead atoms. The van der Waals surface area contributed by atoms with Crippen LogP contribution in [0.3, 0.4) is 0 Å². The van der Waals surface area contributed by atoms with Crippen LogP contribution < -0.4 is 10.1 Å². The first-order chi connectivity index (χ1) is 17.6. The Hall–Kier alpha value is -2.77. The van der Waals surface area contributed by atoms with Gasteiger partial charge in [0, 0.05) is 25.9 Å². The lowest BCUT2D eigenvalue weighted by atomic mass is 9.92. The number of nitrogens with one attached hydrogen (secondary N) is 1. The minimum atomic E-state index is -1.03. The van der Waals surface area contributed by atoms with E-state index in [0.717, 1.165) is 75.8 Å². The van der Waals surface area contributed by atoms with Crippen molar-refractivity contribution in [1.82, 2.24) is 10.2 Å². The number of carboxylic acid groups (broad SMARTS) is 1. The minimum Gasteiger partial charge on any atom is -0.494 e. The highest BCUT2D eigenvalue weighted by atomic mass is 16.6. The molecule has 1 aromatic carbocycles. The van der Waals surface area contributed by atoms with E-state index >= 15 is 0 Å². The monoisotopic (exact) mass is 518 g/mol. The largest absolute Gasteiger partial charge is 0.494 e. The summed E-state index contributed by atoms with van der Waals surface area (Å²) >= 11 is 0. The molecule has 8 nitrogen and oxygen atoms in total. The number of likely N-dealkylation sites (tertiary alicyclic amines) is 1. The number of carbonyl (C=O) groups is 3. The van der Waals surface area contributed by atoms with Gasteiger partial charge < -0.3 is 24.8 Å². The summed E-state index contributed by atoms with van der Waals surface area (Å²) < 4.78 is 11.3. The van der Waals surface area contributed by atoms with Gasteiger partial charge in [-0.15, -0.1) is 0 Å². The predicted molar refractivity (Wildman–Crippen MR) is 144 cm³/mol. The molecule has 37 heavy (non-hydrogen) atoms. The highest BCUT2D eigenvalue weighted by Crippen LogP contribution is 2.24. The maximum Gasteiger partial charge on any atom is 0.410 e. The van der Waals surface area contributed by atoms with Gasteiger partial charge in [0.1, 0.15) is 17.4 Å². The Kier molecular flexibility index (Phi) is 12.7. The molecule has 0 aliphatic carbocycles. The summed E-state index contributed by atoms with van der Waals surface area (Å²) in [6, 6.07) is 6.48. The molecule has 0 saturated carbocycles. The number of ether oxygens (including phenoxy) is 2. The van der Waals surface area contributed by atoms with Crippen molar-refractivity contribution < 1.29 is 29.0 Å². The van der Waals surface area contributed by atoms with Crippen LogP contribution in [0.4, 0.5) is 4.79 Å². The second-order valence-corrected chi connectivity index (χ2v) is 11.0. The average molecular weight is 519 g/mol. The Morgan fingerprint density at radius 2 is 1.73 bits per heavy atom. The standard InChI is InChI=1S/C29H46N2O6/c1-5-6-7-11-26(32)30-25(27(33)34)21-23-12-14-24(15-13-23)36-20-9-8-10-22-16-18-31(19-17-22)28(35)37-29(2,3)4/h12-15,22,25H,5-11,16-21H2,1-4H3,(H,30,32)(H,33,34)/t25-/m0/s1. The van der Waals surface area contributed by atoms with Gasteiger partial charge in [-0.2, -0.15) is 0 Å². The van der Waals surface area contributed by atoms with Crippen molar-refractivity contribution in [2.45, 2.75) is 104 Å². The highest BCUT2D eigenvalue weighted by molar-refractivity contribution is 5.83. The van der Waals surface area contributed by atoms with Crippen LogP contribution in [-0.4, -0.2) is 59.3 Å². The molecule has 1 heterocycles. The molecule has 1 aliphatic rings. The third-order valence-electron chi connectivity index (χ3n) is 6.55. The zero-order valence-electron chi connectivity index (χ0n) is 23.1. The molecule has 1 saturated heterocycles. The topological polar surface area (TPSA) is 105 Å². The summed E-state index contributed by atoms with van der Waals surface area (Å²) in [4.78, 5) is 37.6. The molecule has 1 aromatic rings. The van der Waals surface area contributed by atoms with Crippen molar-refractivity contribution >= 4 is 18.0 Å². The van der Waals surface area contributed by atoms with Crippen molar-refractivity contribution in [3.8, 4) is 5.75 Å². The molecule has 1 fully saturated rings. The second kappa shape index (κ2) is 15.5. The first kappa shape index (κ1) is 30.5. The van der Waals surface area contributed by atoms with Crippen LogP contribution in [0.15, 0.2) is 24.3 Å². The van der Waals surface area contributed by atoms with Crippen LogP contribution in [0.2, 0.25) is 0 Å². The van der Waals surface area contributed by atoms with Gasteiger partial charge in [-0.1, -0.05) is 38.3 Å². The lowest BCUT2D eigenvalue weighted by molar-refractivity contribution is -0.141. The molecule has 0 aromatic heterocycles. The van der Waals surface area contributed by atoms with E-state index in [9.17, 15) is 19.5 Å². The number of hydrogen-bond donors (Lipinski definition) is 2. The fraction of sp³-hybridized carbons (Fsp3) is 0.690. The number of piperidine rings is 1. The van der Waals surface area contributed by atoms with E-state index in [1.807, 2.05) is 49.9 Å².